The topological polar surface area (TPSA) is 134 Å². The molecule has 5 atom stereocenters. The van der Waals surface area contributed by atoms with Gasteiger partial charge in [-0.05, 0) is 56.8 Å². The van der Waals surface area contributed by atoms with Gasteiger partial charge in [-0.1, -0.05) is 33.1 Å². The lowest BCUT2D eigenvalue weighted by molar-refractivity contribution is -0.155. The van der Waals surface area contributed by atoms with Crippen molar-refractivity contribution < 1.29 is 41.9 Å². The summed E-state index contributed by atoms with van der Waals surface area (Å²) in [4.78, 5) is 65.8. The molecule has 10 nitrogen and oxygen atoms in total. The molecule has 3 rings (SSSR count). The number of carbonyl (C=O) groups is 5. The number of ether oxygens (including phenoxy) is 1. The lowest BCUT2D eigenvalue weighted by atomic mass is 9.83. The van der Waals surface area contributed by atoms with Crippen molar-refractivity contribution in [3.8, 4) is 0 Å². The number of likely N-dealkylation sites (N-methyl/N-ethyl adjacent to an activating group) is 1. The van der Waals surface area contributed by atoms with Crippen molar-refractivity contribution in [3.63, 3.8) is 0 Å². The number of likely N-dealkylation sites (tertiary alicyclic amines) is 1. The molecule has 1 aliphatic heterocycles. The maximum atomic E-state index is 14.0. The largest absolute Gasteiger partial charge is 0.444 e. The fourth-order valence-corrected chi connectivity index (χ4v) is 6.25. The van der Waals surface area contributed by atoms with E-state index in [-0.39, 0.29) is 29.7 Å². The Morgan fingerprint density at radius 3 is 2.12 bits per heavy atom. The van der Waals surface area contributed by atoms with Crippen LogP contribution in [0.25, 0.3) is 0 Å². The number of fused-ring (bicyclic) bond motifs is 1. The fourth-order valence-electron chi connectivity index (χ4n) is 6.25. The second kappa shape index (κ2) is 11.6. The van der Waals surface area contributed by atoms with Crippen LogP contribution in [0.3, 0.4) is 0 Å². The highest BCUT2D eigenvalue weighted by atomic mass is 19.4. The highest BCUT2D eigenvalue weighted by molar-refractivity contribution is 6.38. The van der Waals surface area contributed by atoms with E-state index in [2.05, 4.69) is 10.6 Å². The van der Waals surface area contributed by atoms with Crippen LogP contribution in [0.5, 0.6) is 0 Å². The minimum atomic E-state index is -4.84. The third-order valence-electron chi connectivity index (χ3n) is 8.34. The molecule has 3 fully saturated rings. The molecule has 0 spiro atoms. The maximum absolute atomic E-state index is 14.0. The maximum Gasteiger partial charge on any atom is 0.408 e. The van der Waals surface area contributed by atoms with Crippen molar-refractivity contribution >= 4 is 29.6 Å². The van der Waals surface area contributed by atoms with Gasteiger partial charge in [0.1, 0.15) is 23.7 Å². The fraction of sp³-hybridized carbons (Fsp3) is 0.815. The first-order valence-corrected chi connectivity index (χ1v) is 13.8. The minimum Gasteiger partial charge on any atom is -0.444 e. The summed E-state index contributed by atoms with van der Waals surface area (Å²) in [5.41, 5.74) is -1.17. The van der Waals surface area contributed by atoms with Gasteiger partial charge in [0, 0.05) is 13.6 Å². The molecule has 2 aliphatic carbocycles. The molecule has 0 bridgehead atoms. The van der Waals surface area contributed by atoms with Crippen molar-refractivity contribution in [1.29, 1.82) is 0 Å². The number of piperidine rings is 1. The Morgan fingerprint density at radius 2 is 1.60 bits per heavy atom. The standard InChI is InChI=1S/C27H41F3N4O6/c1-25(2,3)40-24(39)33-18(14-10-8-7-9-11-14)23(38)34-13-15-17(26(15,4)5)19(34)21(36)32-16(12-27(28,29)30)20(35)22(37)31-6/h14-19H,7-13H2,1-6H3,(H,31,37)(H,32,36)(H,33,39)/t15-,16?,17?,18?,19-/m0/s1. The van der Waals surface area contributed by atoms with Crippen LogP contribution in [0.1, 0.15) is 73.1 Å². The number of hydrogen-bond donors (Lipinski definition) is 3. The van der Waals surface area contributed by atoms with Crippen molar-refractivity contribution in [1.82, 2.24) is 20.9 Å². The van der Waals surface area contributed by atoms with Gasteiger partial charge in [-0.3, -0.25) is 19.2 Å². The van der Waals surface area contributed by atoms with Crippen molar-refractivity contribution in [2.75, 3.05) is 13.6 Å². The monoisotopic (exact) mass is 574 g/mol. The molecule has 0 aromatic rings. The van der Waals surface area contributed by atoms with E-state index in [1.807, 2.05) is 19.2 Å². The van der Waals surface area contributed by atoms with Gasteiger partial charge < -0.3 is 25.6 Å². The Hall–Kier alpha value is -2.86. The van der Waals surface area contributed by atoms with Crippen molar-refractivity contribution in [2.45, 2.75) is 103 Å². The Balaban J connectivity index is 1.88. The number of alkyl carbamates (subject to hydrolysis) is 1. The molecule has 4 amide bonds. The second-order valence-corrected chi connectivity index (χ2v) is 12.7. The molecule has 1 heterocycles. The lowest BCUT2D eigenvalue weighted by Crippen LogP contribution is -2.60. The van der Waals surface area contributed by atoms with E-state index in [0.717, 1.165) is 26.3 Å². The molecule has 3 unspecified atom stereocenters. The van der Waals surface area contributed by atoms with Crippen LogP contribution in [0.4, 0.5) is 18.0 Å². The average Bonchev–Trinajstić information content (AvgIpc) is 3.16. The number of nitrogens with one attached hydrogen (secondary N) is 3. The van der Waals surface area contributed by atoms with Crippen LogP contribution >= 0.6 is 0 Å². The highest BCUT2D eigenvalue weighted by Gasteiger charge is 2.70. The van der Waals surface area contributed by atoms with Gasteiger partial charge in [-0.2, -0.15) is 13.2 Å². The number of alkyl halides is 3. The van der Waals surface area contributed by atoms with Crippen LogP contribution in [-0.4, -0.2) is 78.0 Å². The summed E-state index contributed by atoms with van der Waals surface area (Å²) in [6.45, 7) is 9.07. The van der Waals surface area contributed by atoms with E-state index in [0.29, 0.717) is 12.8 Å². The molecule has 13 heteroatoms. The van der Waals surface area contributed by atoms with E-state index in [9.17, 15) is 37.1 Å². The Bertz CT molecular complexity index is 1020. The third kappa shape index (κ3) is 7.25. The van der Waals surface area contributed by atoms with Gasteiger partial charge in [0.25, 0.3) is 5.91 Å². The van der Waals surface area contributed by atoms with Gasteiger partial charge in [0.15, 0.2) is 0 Å². The predicted molar refractivity (Wildman–Crippen MR) is 138 cm³/mol. The van der Waals surface area contributed by atoms with E-state index in [1.54, 1.807) is 20.8 Å². The molecule has 3 aliphatic rings. The van der Waals surface area contributed by atoms with Crippen LogP contribution < -0.4 is 16.0 Å². The summed E-state index contributed by atoms with van der Waals surface area (Å²) in [5.74, 6) is -4.78. The summed E-state index contributed by atoms with van der Waals surface area (Å²) >= 11 is 0. The first-order chi connectivity index (χ1) is 18.4. The molecular formula is C27H41F3N4O6. The van der Waals surface area contributed by atoms with Crippen LogP contribution in [-0.2, 0) is 23.9 Å². The molecule has 1 saturated heterocycles. The Kier molecular flexibility index (Phi) is 9.15. The van der Waals surface area contributed by atoms with Crippen LogP contribution in [0, 0.1) is 23.2 Å². The van der Waals surface area contributed by atoms with Gasteiger partial charge in [-0.25, -0.2) is 4.79 Å². The molecule has 0 aromatic heterocycles. The Labute approximate surface area is 232 Å². The average molecular weight is 575 g/mol. The van der Waals surface area contributed by atoms with E-state index >= 15 is 0 Å². The third-order valence-corrected chi connectivity index (χ3v) is 8.34. The Morgan fingerprint density at radius 1 is 1.00 bits per heavy atom. The van der Waals surface area contributed by atoms with Crippen LogP contribution in [0.2, 0.25) is 0 Å². The summed E-state index contributed by atoms with van der Waals surface area (Å²) in [6, 6.07) is -4.28. The summed E-state index contributed by atoms with van der Waals surface area (Å²) in [5, 5.41) is 6.82. The number of halogens is 3. The van der Waals surface area contributed by atoms with Gasteiger partial charge in [-0.15, -0.1) is 0 Å². The lowest BCUT2D eigenvalue weighted by Gasteiger charge is -2.37. The SMILES string of the molecule is CNC(=O)C(=O)C(CC(F)(F)F)NC(=O)[C@@H]1C2[C@H](CN1C(=O)C(NC(=O)OC(C)(C)C)C1CCCCC1)C2(C)C. The summed E-state index contributed by atoms with van der Waals surface area (Å²) in [7, 11) is 1.10. The van der Waals surface area contributed by atoms with Gasteiger partial charge >= 0.3 is 12.3 Å². The van der Waals surface area contributed by atoms with E-state index in [1.165, 1.54) is 4.90 Å². The first-order valence-electron chi connectivity index (χ1n) is 13.8. The number of rotatable bonds is 8. The molecule has 40 heavy (non-hydrogen) atoms. The zero-order chi connectivity index (χ0) is 30.2. The van der Waals surface area contributed by atoms with Crippen LogP contribution in [0.15, 0.2) is 0 Å². The molecule has 3 N–H and O–H groups in total. The van der Waals surface area contributed by atoms with Crippen molar-refractivity contribution in [2.24, 2.45) is 23.2 Å². The minimum absolute atomic E-state index is 0.0866. The van der Waals surface area contributed by atoms with Gasteiger partial charge in [0.05, 0.1) is 6.42 Å². The number of hydrogen-bond acceptors (Lipinski definition) is 6. The second-order valence-electron chi connectivity index (χ2n) is 12.7. The van der Waals surface area contributed by atoms with Gasteiger partial charge in [0.2, 0.25) is 17.6 Å². The molecule has 226 valence electrons. The van der Waals surface area contributed by atoms with E-state index in [4.69, 9.17) is 4.74 Å². The van der Waals surface area contributed by atoms with Crippen molar-refractivity contribution in [3.05, 3.63) is 0 Å². The highest BCUT2D eigenvalue weighted by Crippen LogP contribution is 2.65. The number of nitrogens with zero attached hydrogens (tertiary/aromatic N) is 1. The molecule has 2 saturated carbocycles. The number of carbonyl (C=O) groups excluding carboxylic acids is 5. The first kappa shape index (κ1) is 31.7. The summed E-state index contributed by atoms with van der Waals surface area (Å²) in [6.07, 6.45) is -3.24. The number of ketones is 1. The zero-order valence-electron chi connectivity index (χ0n) is 23.9. The molecular weight excluding hydrogens is 533 g/mol. The number of amides is 4. The predicted octanol–water partition coefficient (Wildman–Crippen LogP) is 2.70. The smallest absolute Gasteiger partial charge is 0.408 e. The summed E-state index contributed by atoms with van der Waals surface area (Å²) < 4.78 is 45.2. The quantitative estimate of drug-likeness (QED) is 0.382. The normalized spacial score (nSPS) is 25.7. The van der Waals surface area contributed by atoms with E-state index < -0.39 is 65.9 Å². The molecule has 0 aromatic carbocycles. The zero-order valence-corrected chi connectivity index (χ0v) is 23.9. The molecule has 0 radical (unpaired) electrons. The number of Topliss-reactive ketones (excluding diaryl/α,β-unsaturated/α-hetero) is 1.